The molecular weight excluding hydrogens is 240 g/mol. The molecular formula is C15H18N2S. The number of nitrogens with one attached hydrogen (secondary N) is 1. The first-order valence-electron chi connectivity index (χ1n) is 6.54. The summed E-state index contributed by atoms with van der Waals surface area (Å²) in [5, 5.41) is 5.95. The molecule has 94 valence electrons. The molecule has 1 aliphatic carbocycles. The molecule has 18 heavy (non-hydrogen) atoms. The van der Waals surface area contributed by atoms with Crippen molar-refractivity contribution in [2.75, 3.05) is 0 Å². The Hall–Kier alpha value is -1.19. The van der Waals surface area contributed by atoms with Crippen molar-refractivity contribution in [2.45, 2.75) is 31.8 Å². The summed E-state index contributed by atoms with van der Waals surface area (Å²) in [5.74, 6) is 0.827. The summed E-state index contributed by atoms with van der Waals surface area (Å²) in [6.07, 6.45) is 6.45. The minimum atomic E-state index is 0.376. The van der Waals surface area contributed by atoms with Gasteiger partial charge in [-0.15, -0.1) is 11.3 Å². The Labute approximate surface area is 112 Å². The van der Waals surface area contributed by atoms with Crippen molar-refractivity contribution in [1.82, 2.24) is 10.3 Å². The van der Waals surface area contributed by atoms with Crippen molar-refractivity contribution in [1.29, 1.82) is 0 Å². The SMILES string of the molecule is CC(NC(c1cccs1)C1CC1)c1ccncc1. The molecule has 0 saturated heterocycles. The van der Waals surface area contributed by atoms with Gasteiger partial charge in [0.1, 0.15) is 0 Å². The maximum atomic E-state index is 4.08. The fourth-order valence-electron chi connectivity index (χ4n) is 2.37. The van der Waals surface area contributed by atoms with Gasteiger partial charge in [-0.1, -0.05) is 6.07 Å². The summed E-state index contributed by atoms with van der Waals surface area (Å²) >= 11 is 1.86. The van der Waals surface area contributed by atoms with Gasteiger partial charge in [0.25, 0.3) is 0 Å². The van der Waals surface area contributed by atoms with Crippen LogP contribution in [0.3, 0.4) is 0 Å². The van der Waals surface area contributed by atoms with E-state index in [-0.39, 0.29) is 0 Å². The third-order valence-electron chi connectivity index (χ3n) is 3.58. The van der Waals surface area contributed by atoms with Gasteiger partial charge in [0.15, 0.2) is 0 Å². The molecule has 2 aromatic rings. The molecule has 1 fully saturated rings. The number of pyridine rings is 1. The number of hydrogen-bond acceptors (Lipinski definition) is 3. The molecule has 0 bridgehead atoms. The van der Waals surface area contributed by atoms with Crippen LogP contribution in [0.5, 0.6) is 0 Å². The summed E-state index contributed by atoms with van der Waals surface area (Å²) in [6, 6.07) is 9.48. The van der Waals surface area contributed by atoms with Crippen LogP contribution in [0.25, 0.3) is 0 Å². The van der Waals surface area contributed by atoms with Crippen LogP contribution in [0.15, 0.2) is 42.0 Å². The molecule has 2 aromatic heterocycles. The summed E-state index contributed by atoms with van der Waals surface area (Å²) in [4.78, 5) is 5.55. The molecule has 0 radical (unpaired) electrons. The van der Waals surface area contributed by atoms with Gasteiger partial charge in [-0.2, -0.15) is 0 Å². The van der Waals surface area contributed by atoms with E-state index in [2.05, 4.69) is 46.9 Å². The van der Waals surface area contributed by atoms with Gasteiger partial charge in [0, 0.05) is 29.4 Å². The van der Waals surface area contributed by atoms with Crippen LogP contribution in [0, 0.1) is 5.92 Å². The Bertz CT molecular complexity index is 476. The van der Waals surface area contributed by atoms with Crippen LogP contribution in [0.2, 0.25) is 0 Å². The Kier molecular flexibility index (Phi) is 3.43. The molecule has 3 rings (SSSR count). The minimum absolute atomic E-state index is 0.376. The van der Waals surface area contributed by atoms with Gasteiger partial charge in [-0.25, -0.2) is 0 Å². The highest BCUT2D eigenvalue weighted by molar-refractivity contribution is 7.10. The molecule has 2 unspecified atom stereocenters. The van der Waals surface area contributed by atoms with Gasteiger partial charge in [0.2, 0.25) is 0 Å². The molecule has 2 nitrogen and oxygen atoms in total. The number of nitrogens with zero attached hydrogens (tertiary/aromatic N) is 1. The van der Waals surface area contributed by atoms with E-state index in [0.717, 1.165) is 5.92 Å². The Morgan fingerprint density at radius 3 is 2.67 bits per heavy atom. The highest BCUT2D eigenvalue weighted by Gasteiger charge is 2.33. The predicted molar refractivity (Wildman–Crippen MR) is 75.6 cm³/mol. The van der Waals surface area contributed by atoms with Gasteiger partial charge in [-0.3, -0.25) is 4.98 Å². The van der Waals surface area contributed by atoms with E-state index in [1.165, 1.54) is 23.3 Å². The average Bonchev–Trinajstić information content (AvgIpc) is 3.11. The van der Waals surface area contributed by atoms with E-state index in [0.29, 0.717) is 12.1 Å². The number of thiophene rings is 1. The van der Waals surface area contributed by atoms with E-state index in [9.17, 15) is 0 Å². The lowest BCUT2D eigenvalue weighted by atomic mass is 10.1. The number of aromatic nitrogens is 1. The van der Waals surface area contributed by atoms with Crippen molar-refractivity contribution in [3.8, 4) is 0 Å². The maximum Gasteiger partial charge on any atom is 0.0448 e. The quantitative estimate of drug-likeness (QED) is 0.878. The molecule has 0 amide bonds. The van der Waals surface area contributed by atoms with Crippen molar-refractivity contribution in [2.24, 2.45) is 5.92 Å². The van der Waals surface area contributed by atoms with Gasteiger partial charge in [-0.05, 0) is 54.8 Å². The normalized spacial score (nSPS) is 18.5. The van der Waals surface area contributed by atoms with E-state index in [1.54, 1.807) is 0 Å². The van der Waals surface area contributed by atoms with E-state index in [4.69, 9.17) is 0 Å². The maximum absolute atomic E-state index is 4.08. The lowest BCUT2D eigenvalue weighted by molar-refractivity contribution is 0.433. The first-order chi connectivity index (χ1) is 8.84. The monoisotopic (exact) mass is 258 g/mol. The zero-order chi connectivity index (χ0) is 12.4. The first-order valence-corrected chi connectivity index (χ1v) is 7.42. The fourth-order valence-corrected chi connectivity index (χ4v) is 3.24. The van der Waals surface area contributed by atoms with Gasteiger partial charge in [0.05, 0.1) is 0 Å². The lowest BCUT2D eigenvalue weighted by Gasteiger charge is -2.22. The molecule has 3 heteroatoms. The fraction of sp³-hybridized carbons (Fsp3) is 0.400. The van der Waals surface area contributed by atoms with Crippen LogP contribution >= 0.6 is 11.3 Å². The van der Waals surface area contributed by atoms with Crippen molar-refractivity contribution >= 4 is 11.3 Å². The van der Waals surface area contributed by atoms with Crippen LogP contribution in [0.1, 0.15) is 42.3 Å². The van der Waals surface area contributed by atoms with Crippen molar-refractivity contribution in [3.63, 3.8) is 0 Å². The summed E-state index contributed by atoms with van der Waals surface area (Å²) < 4.78 is 0. The van der Waals surface area contributed by atoms with Crippen LogP contribution in [-0.2, 0) is 0 Å². The van der Waals surface area contributed by atoms with Crippen LogP contribution in [-0.4, -0.2) is 4.98 Å². The molecule has 0 aromatic carbocycles. The highest BCUT2D eigenvalue weighted by atomic mass is 32.1. The molecule has 0 aliphatic heterocycles. The van der Waals surface area contributed by atoms with E-state index >= 15 is 0 Å². The second-order valence-electron chi connectivity index (χ2n) is 5.00. The third kappa shape index (κ3) is 2.62. The number of hydrogen-bond donors (Lipinski definition) is 1. The van der Waals surface area contributed by atoms with Crippen LogP contribution in [0.4, 0.5) is 0 Å². The Morgan fingerprint density at radius 1 is 1.28 bits per heavy atom. The Balaban J connectivity index is 1.73. The largest absolute Gasteiger partial charge is 0.302 e. The lowest BCUT2D eigenvalue weighted by Crippen LogP contribution is -2.25. The van der Waals surface area contributed by atoms with E-state index < -0.39 is 0 Å². The van der Waals surface area contributed by atoms with Crippen molar-refractivity contribution < 1.29 is 0 Å². The molecule has 1 N–H and O–H groups in total. The Morgan fingerprint density at radius 2 is 2.06 bits per heavy atom. The zero-order valence-corrected chi connectivity index (χ0v) is 11.4. The topological polar surface area (TPSA) is 24.9 Å². The number of rotatable bonds is 5. The summed E-state index contributed by atoms with van der Waals surface area (Å²) in [5.41, 5.74) is 1.31. The summed E-state index contributed by atoms with van der Waals surface area (Å²) in [6.45, 7) is 2.23. The third-order valence-corrected chi connectivity index (χ3v) is 4.53. The molecule has 0 spiro atoms. The summed E-state index contributed by atoms with van der Waals surface area (Å²) in [7, 11) is 0. The average molecular weight is 258 g/mol. The van der Waals surface area contributed by atoms with E-state index in [1.807, 2.05) is 23.7 Å². The standard InChI is InChI=1S/C15H18N2S/c1-11(12-6-8-16-9-7-12)17-15(13-4-5-13)14-3-2-10-18-14/h2-3,6-11,13,15,17H,4-5H2,1H3. The molecule has 2 heterocycles. The second-order valence-corrected chi connectivity index (χ2v) is 5.98. The smallest absolute Gasteiger partial charge is 0.0448 e. The van der Waals surface area contributed by atoms with Gasteiger partial charge < -0.3 is 5.32 Å². The highest BCUT2D eigenvalue weighted by Crippen LogP contribution is 2.43. The van der Waals surface area contributed by atoms with Crippen LogP contribution < -0.4 is 5.32 Å². The molecule has 1 aliphatic rings. The molecule has 2 atom stereocenters. The minimum Gasteiger partial charge on any atom is -0.302 e. The molecule has 1 saturated carbocycles. The first kappa shape index (κ1) is 11.9. The zero-order valence-electron chi connectivity index (χ0n) is 10.5. The second kappa shape index (κ2) is 5.21. The predicted octanol–water partition coefficient (Wildman–Crippen LogP) is 3.95. The van der Waals surface area contributed by atoms with Crippen molar-refractivity contribution in [3.05, 3.63) is 52.5 Å². The van der Waals surface area contributed by atoms with Gasteiger partial charge >= 0.3 is 0 Å².